The molecule has 0 saturated heterocycles. The second kappa shape index (κ2) is 8.81. The van der Waals surface area contributed by atoms with E-state index in [0.29, 0.717) is 0 Å². The average Bonchev–Trinajstić information content (AvgIpc) is 2.82. The van der Waals surface area contributed by atoms with Crippen molar-refractivity contribution in [2.75, 3.05) is 7.05 Å². The first kappa shape index (κ1) is 20.9. The van der Waals surface area contributed by atoms with Crippen molar-refractivity contribution in [2.45, 2.75) is 12.6 Å². The Balaban J connectivity index is 1.65. The van der Waals surface area contributed by atoms with E-state index in [2.05, 4.69) is 4.98 Å². The van der Waals surface area contributed by atoms with Crippen molar-refractivity contribution >= 4 is 22.5 Å². The van der Waals surface area contributed by atoms with Crippen LogP contribution in [0.1, 0.15) is 17.2 Å². The predicted octanol–water partition coefficient (Wildman–Crippen LogP) is 3.55. The van der Waals surface area contributed by atoms with Crippen LogP contribution in [0.2, 0.25) is 0 Å². The quantitative estimate of drug-likeness (QED) is 0.345. The van der Waals surface area contributed by atoms with Crippen molar-refractivity contribution in [3.63, 3.8) is 0 Å². The van der Waals surface area contributed by atoms with Crippen molar-refractivity contribution < 1.29 is 9.72 Å². The summed E-state index contributed by atoms with van der Waals surface area (Å²) in [5.74, 6) is -0.270. The van der Waals surface area contributed by atoms with Gasteiger partial charge in [-0.05, 0) is 17.2 Å². The summed E-state index contributed by atoms with van der Waals surface area (Å²) in [7, 11) is 1.70. The van der Waals surface area contributed by atoms with Crippen LogP contribution in [0.5, 0.6) is 0 Å². The Morgan fingerprint density at radius 3 is 2.19 bits per heavy atom. The maximum atomic E-state index is 13.2. The molecule has 1 amide bonds. The smallest absolute Gasteiger partial charge is 0.271 e. The summed E-state index contributed by atoms with van der Waals surface area (Å²) in [6, 6.07) is 22.9. The number of fused-ring (bicyclic) bond motifs is 1. The van der Waals surface area contributed by atoms with E-state index in [9.17, 15) is 19.7 Å². The van der Waals surface area contributed by atoms with Gasteiger partial charge in [-0.25, -0.2) is 4.98 Å². The summed E-state index contributed by atoms with van der Waals surface area (Å²) < 4.78 is 1.22. The lowest BCUT2D eigenvalue weighted by Crippen LogP contribution is -2.37. The van der Waals surface area contributed by atoms with Gasteiger partial charge in [-0.1, -0.05) is 60.7 Å². The Labute approximate surface area is 183 Å². The lowest BCUT2D eigenvalue weighted by atomic mass is 9.97. The molecule has 1 aromatic heterocycles. The maximum Gasteiger partial charge on any atom is 0.271 e. The molecule has 3 aromatic carbocycles. The number of rotatable bonds is 6. The molecule has 8 heteroatoms. The molecular formula is C24H20N4O4. The van der Waals surface area contributed by atoms with E-state index in [4.69, 9.17) is 0 Å². The third kappa shape index (κ3) is 4.11. The first-order chi connectivity index (χ1) is 15.5. The van der Waals surface area contributed by atoms with Gasteiger partial charge in [0.15, 0.2) is 0 Å². The number of benzene rings is 3. The Morgan fingerprint density at radius 1 is 1.03 bits per heavy atom. The molecule has 0 aliphatic rings. The molecule has 0 aliphatic carbocycles. The van der Waals surface area contributed by atoms with E-state index in [-0.39, 0.29) is 35.1 Å². The molecule has 0 fully saturated rings. The summed E-state index contributed by atoms with van der Waals surface area (Å²) in [5.41, 5.74) is 1.54. The maximum absolute atomic E-state index is 13.2. The number of nitro groups is 1. The van der Waals surface area contributed by atoms with Crippen LogP contribution in [-0.4, -0.2) is 32.3 Å². The first-order valence-electron chi connectivity index (χ1n) is 9.95. The standard InChI is InChI=1S/C24H20N4O4/c1-26(23(17-8-4-2-5-9-17)18-10-6-3-7-11-18)22(29)15-27-16-25-21-14-19(28(31)32)12-13-20(21)24(27)30/h2-14,16,23H,15H2,1H3. The van der Waals surface area contributed by atoms with Crippen LogP contribution in [0.25, 0.3) is 10.9 Å². The van der Waals surface area contributed by atoms with Gasteiger partial charge < -0.3 is 4.90 Å². The van der Waals surface area contributed by atoms with Crippen LogP contribution in [0.3, 0.4) is 0 Å². The van der Waals surface area contributed by atoms with Crippen LogP contribution in [0.15, 0.2) is 90.0 Å². The molecule has 0 unspecified atom stereocenters. The van der Waals surface area contributed by atoms with Crippen LogP contribution in [-0.2, 0) is 11.3 Å². The second-order valence-corrected chi connectivity index (χ2v) is 7.36. The molecule has 8 nitrogen and oxygen atoms in total. The van der Waals surface area contributed by atoms with Crippen molar-refractivity contribution in [1.82, 2.24) is 14.5 Å². The van der Waals surface area contributed by atoms with Crippen molar-refractivity contribution in [3.8, 4) is 0 Å². The predicted molar refractivity (Wildman–Crippen MR) is 120 cm³/mol. The van der Waals surface area contributed by atoms with E-state index >= 15 is 0 Å². The lowest BCUT2D eigenvalue weighted by molar-refractivity contribution is -0.384. The molecule has 32 heavy (non-hydrogen) atoms. The number of hydrogen-bond donors (Lipinski definition) is 0. The molecule has 0 radical (unpaired) electrons. The molecule has 0 bridgehead atoms. The number of carbonyl (C=O) groups excluding carboxylic acids is 1. The van der Waals surface area contributed by atoms with E-state index in [0.717, 1.165) is 11.1 Å². The second-order valence-electron chi connectivity index (χ2n) is 7.36. The third-order valence-corrected chi connectivity index (χ3v) is 5.34. The molecule has 0 aliphatic heterocycles. The SMILES string of the molecule is CN(C(=O)Cn1cnc2cc([N+](=O)[O-])ccc2c1=O)C(c1ccccc1)c1ccccc1. The van der Waals surface area contributed by atoms with Gasteiger partial charge in [-0.15, -0.1) is 0 Å². The number of hydrogen-bond acceptors (Lipinski definition) is 5. The van der Waals surface area contributed by atoms with Gasteiger partial charge in [0.1, 0.15) is 6.54 Å². The number of nitrogens with zero attached hydrogens (tertiary/aromatic N) is 4. The van der Waals surface area contributed by atoms with Crippen LogP contribution in [0.4, 0.5) is 5.69 Å². The summed E-state index contributed by atoms with van der Waals surface area (Å²) >= 11 is 0. The largest absolute Gasteiger partial charge is 0.333 e. The number of aromatic nitrogens is 2. The summed E-state index contributed by atoms with van der Waals surface area (Å²) in [6.45, 7) is -0.203. The molecule has 160 valence electrons. The molecule has 0 atom stereocenters. The van der Waals surface area contributed by atoms with Gasteiger partial charge in [-0.3, -0.25) is 24.3 Å². The highest BCUT2D eigenvalue weighted by atomic mass is 16.6. The Bertz CT molecular complexity index is 1300. The number of likely N-dealkylation sites (N-methyl/N-ethyl adjacent to an activating group) is 1. The van der Waals surface area contributed by atoms with E-state index in [1.165, 1.54) is 29.1 Å². The third-order valence-electron chi connectivity index (χ3n) is 5.34. The van der Waals surface area contributed by atoms with Gasteiger partial charge in [0.05, 0.1) is 28.2 Å². The first-order valence-corrected chi connectivity index (χ1v) is 9.95. The fourth-order valence-electron chi connectivity index (χ4n) is 3.68. The van der Waals surface area contributed by atoms with Crippen molar-refractivity contribution in [3.05, 3.63) is 117 Å². The minimum atomic E-state index is -0.543. The molecule has 0 spiro atoms. The van der Waals surface area contributed by atoms with Crippen molar-refractivity contribution in [1.29, 1.82) is 0 Å². The fraction of sp³-hybridized carbons (Fsp3) is 0.125. The highest BCUT2D eigenvalue weighted by Gasteiger charge is 2.24. The van der Waals surface area contributed by atoms with Crippen LogP contribution < -0.4 is 5.56 Å². The minimum Gasteiger partial charge on any atom is -0.333 e. The zero-order valence-corrected chi connectivity index (χ0v) is 17.3. The fourth-order valence-corrected chi connectivity index (χ4v) is 3.68. The summed E-state index contributed by atoms with van der Waals surface area (Å²) in [6.07, 6.45) is 1.25. The number of nitro benzene ring substituents is 1. The molecule has 4 aromatic rings. The zero-order valence-electron chi connectivity index (χ0n) is 17.3. The van der Waals surface area contributed by atoms with E-state index in [1.807, 2.05) is 60.7 Å². The lowest BCUT2D eigenvalue weighted by Gasteiger charge is -2.29. The van der Waals surface area contributed by atoms with Crippen LogP contribution in [0, 0.1) is 10.1 Å². The normalized spacial score (nSPS) is 10.9. The van der Waals surface area contributed by atoms with E-state index in [1.54, 1.807) is 11.9 Å². The average molecular weight is 428 g/mol. The van der Waals surface area contributed by atoms with Crippen LogP contribution >= 0.6 is 0 Å². The molecule has 0 saturated carbocycles. The highest BCUT2D eigenvalue weighted by molar-refractivity contribution is 5.81. The Hall–Kier alpha value is -4.33. The minimum absolute atomic E-state index is 0.147. The molecular weight excluding hydrogens is 408 g/mol. The Kier molecular flexibility index (Phi) is 5.76. The molecule has 0 N–H and O–H groups in total. The Morgan fingerprint density at radius 2 is 1.62 bits per heavy atom. The zero-order chi connectivity index (χ0) is 22.7. The van der Waals surface area contributed by atoms with Gasteiger partial charge in [0.25, 0.3) is 11.2 Å². The van der Waals surface area contributed by atoms with Gasteiger partial charge in [0.2, 0.25) is 5.91 Å². The monoisotopic (exact) mass is 428 g/mol. The number of non-ortho nitro benzene ring substituents is 1. The summed E-state index contributed by atoms with van der Waals surface area (Å²) in [5, 5.41) is 11.2. The number of amides is 1. The highest BCUT2D eigenvalue weighted by Crippen LogP contribution is 2.27. The van der Waals surface area contributed by atoms with Crippen molar-refractivity contribution in [2.24, 2.45) is 0 Å². The van der Waals surface area contributed by atoms with Gasteiger partial charge >= 0.3 is 0 Å². The molecule has 1 heterocycles. The van der Waals surface area contributed by atoms with Gasteiger partial charge in [0, 0.05) is 19.2 Å². The summed E-state index contributed by atoms with van der Waals surface area (Å²) in [4.78, 5) is 42.2. The number of carbonyl (C=O) groups is 1. The molecule has 4 rings (SSSR count). The van der Waals surface area contributed by atoms with E-state index < -0.39 is 10.5 Å². The topological polar surface area (TPSA) is 98.3 Å². The van der Waals surface area contributed by atoms with Gasteiger partial charge in [-0.2, -0.15) is 0 Å².